The SMILES string of the molecule is Cc1nc(-c2ccc(N3CCNCC3)cc2)c2cc(CN3CCCC3)[nH]c2c1C. The minimum Gasteiger partial charge on any atom is -0.369 e. The zero-order valence-corrected chi connectivity index (χ0v) is 17.6. The van der Waals surface area contributed by atoms with Crippen molar-refractivity contribution < 1.29 is 0 Å². The quantitative estimate of drug-likeness (QED) is 0.712. The number of hydrogen-bond donors (Lipinski definition) is 2. The molecule has 1 aromatic carbocycles. The highest BCUT2D eigenvalue weighted by Gasteiger charge is 2.17. The lowest BCUT2D eigenvalue weighted by atomic mass is 10.0. The minimum absolute atomic E-state index is 1.01. The molecule has 2 fully saturated rings. The molecule has 2 N–H and O–H groups in total. The number of nitrogens with one attached hydrogen (secondary N) is 2. The number of likely N-dealkylation sites (tertiary alicyclic amines) is 1. The molecule has 0 bridgehead atoms. The Hall–Kier alpha value is -2.37. The highest BCUT2D eigenvalue weighted by Crippen LogP contribution is 2.32. The molecule has 2 aliphatic heterocycles. The normalized spacial score (nSPS) is 18.1. The van der Waals surface area contributed by atoms with Crippen LogP contribution >= 0.6 is 0 Å². The summed E-state index contributed by atoms with van der Waals surface area (Å²) in [7, 11) is 0. The first-order valence-electron chi connectivity index (χ1n) is 11.0. The number of nitrogens with zero attached hydrogens (tertiary/aromatic N) is 3. The van der Waals surface area contributed by atoms with Gasteiger partial charge >= 0.3 is 0 Å². The Balaban J connectivity index is 1.49. The van der Waals surface area contributed by atoms with Crippen LogP contribution in [0.25, 0.3) is 22.2 Å². The second-order valence-corrected chi connectivity index (χ2v) is 8.52. The predicted molar refractivity (Wildman–Crippen MR) is 121 cm³/mol. The van der Waals surface area contributed by atoms with Crippen LogP contribution in [0.4, 0.5) is 5.69 Å². The molecule has 0 saturated carbocycles. The lowest BCUT2D eigenvalue weighted by Crippen LogP contribution is -2.43. The van der Waals surface area contributed by atoms with Gasteiger partial charge in [0.2, 0.25) is 0 Å². The zero-order valence-electron chi connectivity index (χ0n) is 17.6. The van der Waals surface area contributed by atoms with E-state index in [1.165, 1.54) is 59.3 Å². The number of benzene rings is 1. The number of rotatable bonds is 4. The first-order valence-corrected chi connectivity index (χ1v) is 11.0. The molecule has 2 saturated heterocycles. The molecule has 3 aromatic rings. The van der Waals surface area contributed by atoms with Crippen molar-refractivity contribution in [2.45, 2.75) is 33.2 Å². The van der Waals surface area contributed by atoms with E-state index in [-0.39, 0.29) is 0 Å². The zero-order chi connectivity index (χ0) is 19.8. The Bertz CT molecular complexity index is 992. The van der Waals surface area contributed by atoms with Crippen LogP contribution in [0.5, 0.6) is 0 Å². The Morgan fingerprint density at radius 2 is 1.69 bits per heavy atom. The molecule has 2 aromatic heterocycles. The minimum atomic E-state index is 1.01. The molecule has 0 unspecified atom stereocenters. The summed E-state index contributed by atoms with van der Waals surface area (Å²) >= 11 is 0. The standard InChI is InChI=1S/C24H31N5/c1-17-18(2)26-24(19-5-7-21(8-6-19)29-13-9-25-10-14-29)22-15-20(27-23(17)22)16-28-11-3-4-12-28/h5-8,15,25,27H,3-4,9-14,16H2,1-2H3. The molecule has 5 rings (SSSR count). The molecule has 0 aliphatic carbocycles. The average molecular weight is 390 g/mol. The van der Waals surface area contributed by atoms with E-state index in [0.29, 0.717) is 0 Å². The summed E-state index contributed by atoms with van der Waals surface area (Å²) in [6, 6.07) is 11.3. The highest BCUT2D eigenvalue weighted by atomic mass is 15.2. The summed E-state index contributed by atoms with van der Waals surface area (Å²) in [6.45, 7) is 12.0. The van der Waals surface area contributed by atoms with Crippen LogP contribution in [0.3, 0.4) is 0 Å². The van der Waals surface area contributed by atoms with Gasteiger partial charge < -0.3 is 15.2 Å². The van der Waals surface area contributed by atoms with Gasteiger partial charge in [-0.2, -0.15) is 0 Å². The van der Waals surface area contributed by atoms with Crippen molar-refractivity contribution in [2.75, 3.05) is 44.2 Å². The van der Waals surface area contributed by atoms with Gasteiger partial charge in [-0.25, -0.2) is 0 Å². The lowest BCUT2D eigenvalue weighted by Gasteiger charge is -2.29. The van der Waals surface area contributed by atoms with Crippen LogP contribution in [0.2, 0.25) is 0 Å². The first-order chi connectivity index (χ1) is 14.2. The van der Waals surface area contributed by atoms with Crippen molar-refractivity contribution in [1.29, 1.82) is 0 Å². The van der Waals surface area contributed by atoms with Crippen molar-refractivity contribution in [1.82, 2.24) is 20.2 Å². The summed E-state index contributed by atoms with van der Waals surface area (Å²) in [4.78, 5) is 13.7. The van der Waals surface area contributed by atoms with Gasteiger partial charge in [0.05, 0.1) is 11.2 Å². The molecule has 2 aliphatic rings. The van der Waals surface area contributed by atoms with Crippen LogP contribution in [0, 0.1) is 13.8 Å². The molecule has 0 amide bonds. The second-order valence-electron chi connectivity index (χ2n) is 8.52. The van der Waals surface area contributed by atoms with Crippen LogP contribution in [0.15, 0.2) is 30.3 Å². The maximum absolute atomic E-state index is 5.00. The topological polar surface area (TPSA) is 47.2 Å². The molecule has 0 spiro atoms. The number of aromatic nitrogens is 2. The van der Waals surface area contributed by atoms with Crippen molar-refractivity contribution in [2.24, 2.45) is 0 Å². The molecular weight excluding hydrogens is 358 g/mol. The third-order valence-electron chi connectivity index (χ3n) is 6.54. The number of aryl methyl sites for hydroxylation is 2. The van der Waals surface area contributed by atoms with Gasteiger partial charge in [0.25, 0.3) is 0 Å². The van der Waals surface area contributed by atoms with Crippen molar-refractivity contribution >= 4 is 16.6 Å². The maximum Gasteiger partial charge on any atom is 0.0799 e. The van der Waals surface area contributed by atoms with E-state index in [2.05, 4.69) is 64.3 Å². The van der Waals surface area contributed by atoms with Gasteiger partial charge in [0, 0.05) is 60.7 Å². The largest absolute Gasteiger partial charge is 0.369 e. The number of pyridine rings is 1. The number of aromatic amines is 1. The van der Waals surface area contributed by atoms with Crippen LogP contribution in [-0.4, -0.2) is 54.1 Å². The van der Waals surface area contributed by atoms with E-state index in [1.807, 2.05) is 0 Å². The number of H-pyrrole nitrogens is 1. The summed E-state index contributed by atoms with van der Waals surface area (Å²) in [5.74, 6) is 0. The molecule has 0 atom stereocenters. The molecular formula is C24H31N5. The van der Waals surface area contributed by atoms with Crippen LogP contribution in [-0.2, 0) is 6.54 Å². The second kappa shape index (κ2) is 7.81. The maximum atomic E-state index is 5.00. The molecule has 4 heterocycles. The molecule has 152 valence electrons. The monoisotopic (exact) mass is 389 g/mol. The smallest absolute Gasteiger partial charge is 0.0799 e. The number of piperazine rings is 1. The van der Waals surface area contributed by atoms with E-state index < -0.39 is 0 Å². The van der Waals surface area contributed by atoms with E-state index in [0.717, 1.165) is 44.1 Å². The van der Waals surface area contributed by atoms with E-state index in [4.69, 9.17) is 4.98 Å². The Morgan fingerprint density at radius 3 is 2.41 bits per heavy atom. The fourth-order valence-electron chi connectivity index (χ4n) is 4.73. The summed E-state index contributed by atoms with van der Waals surface area (Å²) in [5, 5.41) is 4.67. The van der Waals surface area contributed by atoms with Crippen molar-refractivity contribution in [3.8, 4) is 11.3 Å². The Morgan fingerprint density at radius 1 is 0.966 bits per heavy atom. The lowest BCUT2D eigenvalue weighted by molar-refractivity contribution is 0.328. The third-order valence-corrected chi connectivity index (χ3v) is 6.54. The fourth-order valence-corrected chi connectivity index (χ4v) is 4.73. The Kier molecular flexibility index (Phi) is 5.02. The van der Waals surface area contributed by atoms with Gasteiger partial charge in [-0.15, -0.1) is 0 Å². The number of anilines is 1. The van der Waals surface area contributed by atoms with Gasteiger partial charge in [0.15, 0.2) is 0 Å². The van der Waals surface area contributed by atoms with Crippen LogP contribution in [0.1, 0.15) is 29.8 Å². The van der Waals surface area contributed by atoms with Gasteiger partial charge in [-0.05, 0) is 63.5 Å². The van der Waals surface area contributed by atoms with Gasteiger partial charge in [-0.3, -0.25) is 9.88 Å². The number of fused-ring (bicyclic) bond motifs is 1. The van der Waals surface area contributed by atoms with Crippen molar-refractivity contribution in [3.63, 3.8) is 0 Å². The fraction of sp³-hybridized carbons (Fsp3) is 0.458. The average Bonchev–Trinajstić information content (AvgIpc) is 3.42. The number of hydrogen-bond acceptors (Lipinski definition) is 4. The first kappa shape index (κ1) is 18.6. The molecule has 0 radical (unpaired) electrons. The molecule has 5 heteroatoms. The Labute approximate surface area is 173 Å². The van der Waals surface area contributed by atoms with Gasteiger partial charge in [0.1, 0.15) is 0 Å². The summed E-state index contributed by atoms with van der Waals surface area (Å²) in [6.07, 6.45) is 2.65. The van der Waals surface area contributed by atoms with E-state index >= 15 is 0 Å². The molecule has 5 nitrogen and oxygen atoms in total. The highest BCUT2D eigenvalue weighted by molar-refractivity contribution is 5.95. The van der Waals surface area contributed by atoms with E-state index in [1.54, 1.807) is 0 Å². The molecule has 29 heavy (non-hydrogen) atoms. The van der Waals surface area contributed by atoms with Gasteiger partial charge in [-0.1, -0.05) is 12.1 Å². The third kappa shape index (κ3) is 3.65. The van der Waals surface area contributed by atoms with Crippen LogP contribution < -0.4 is 10.2 Å². The predicted octanol–water partition coefficient (Wildman–Crippen LogP) is 3.85. The summed E-state index contributed by atoms with van der Waals surface area (Å²) in [5.41, 5.74) is 8.51. The summed E-state index contributed by atoms with van der Waals surface area (Å²) < 4.78 is 0. The van der Waals surface area contributed by atoms with E-state index in [9.17, 15) is 0 Å². The van der Waals surface area contributed by atoms with Crippen molar-refractivity contribution in [3.05, 3.63) is 47.3 Å².